The van der Waals surface area contributed by atoms with E-state index in [4.69, 9.17) is 4.74 Å². The van der Waals surface area contributed by atoms with Crippen molar-refractivity contribution in [2.45, 2.75) is 107 Å². The molecule has 2 aromatic rings. The van der Waals surface area contributed by atoms with E-state index in [9.17, 15) is 18.8 Å². The molecule has 2 aromatic carbocycles. The summed E-state index contributed by atoms with van der Waals surface area (Å²) in [5, 5.41) is 6.16. The van der Waals surface area contributed by atoms with Crippen molar-refractivity contribution < 1.29 is 23.5 Å². The highest BCUT2D eigenvalue weighted by molar-refractivity contribution is 7.99. The first-order valence-electron chi connectivity index (χ1n) is 17.2. The molecule has 8 nitrogen and oxygen atoms in total. The molecule has 2 aliphatic rings. The molecule has 2 fully saturated rings. The summed E-state index contributed by atoms with van der Waals surface area (Å²) in [6.45, 7) is 2.93. The summed E-state index contributed by atoms with van der Waals surface area (Å²) in [4.78, 5) is 39.5. The van der Waals surface area contributed by atoms with Crippen molar-refractivity contribution in [3.8, 4) is 0 Å². The van der Waals surface area contributed by atoms with E-state index in [1.54, 1.807) is 30.8 Å². The van der Waals surface area contributed by atoms with E-state index >= 15 is 0 Å². The molecule has 266 valence electrons. The summed E-state index contributed by atoms with van der Waals surface area (Å²) in [5.41, 5.74) is 2.57. The number of benzene rings is 2. The third-order valence-electron chi connectivity index (χ3n) is 10.2. The largest absolute Gasteiger partial charge is 0.453 e. The van der Waals surface area contributed by atoms with Gasteiger partial charge >= 0.3 is 5.97 Å². The lowest BCUT2D eigenvalue weighted by molar-refractivity contribution is -0.153. The number of likely N-dealkylation sites (N-methyl/N-ethyl adjacent to an activating group) is 2. The molecule has 4 rings (SSSR count). The van der Waals surface area contributed by atoms with Crippen LogP contribution in [-0.2, 0) is 32.0 Å². The molecule has 1 atom stereocenters. The number of rotatable bonds is 12. The van der Waals surface area contributed by atoms with E-state index in [2.05, 4.69) is 72.9 Å². The fraction of sp³-hybridized carbons (Fsp3) is 0.605. The minimum absolute atomic E-state index is 0.0501. The molecule has 2 amide bonds. The fourth-order valence-electron chi connectivity index (χ4n) is 7.19. The lowest BCUT2D eigenvalue weighted by Gasteiger charge is -2.45. The molecule has 0 aliphatic heterocycles. The number of amides is 2. The number of thioether (sulfide) groups is 1. The number of esters is 1. The van der Waals surface area contributed by atoms with Gasteiger partial charge < -0.3 is 25.2 Å². The molecule has 48 heavy (non-hydrogen) atoms. The lowest BCUT2D eigenvalue weighted by Crippen LogP contribution is -2.53. The van der Waals surface area contributed by atoms with Crippen LogP contribution in [0.4, 0.5) is 4.39 Å². The predicted molar refractivity (Wildman–Crippen MR) is 193 cm³/mol. The van der Waals surface area contributed by atoms with E-state index in [0.29, 0.717) is 5.75 Å². The maximum absolute atomic E-state index is 13.5. The van der Waals surface area contributed by atoms with Crippen molar-refractivity contribution in [1.29, 1.82) is 0 Å². The third kappa shape index (κ3) is 11.9. The van der Waals surface area contributed by atoms with Crippen molar-refractivity contribution >= 4 is 29.5 Å². The second kappa shape index (κ2) is 18.7. The Morgan fingerprint density at radius 3 is 1.81 bits per heavy atom. The Morgan fingerprint density at radius 2 is 1.33 bits per heavy atom. The first-order chi connectivity index (χ1) is 22.8. The van der Waals surface area contributed by atoms with Gasteiger partial charge in [0.2, 0.25) is 5.91 Å². The van der Waals surface area contributed by atoms with E-state index in [0.717, 1.165) is 69.8 Å². The van der Waals surface area contributed by atoms with Gasteiger partial charge in [0.05, 0.1) is 5.75 Å². The Bertz CT molecular complexity index is 1310. The summed E-state index contributed by atoms with van der Waals surface area (Å²) in [6.07, 6.45) is 11.0. The number of carbonyl (C=O) groups is 3. The molecule has 1 unspecified atom stereocenters. The Morgan fingerprint density at radius 1 is 0.833 bits per heavy atom. The molecule has 0 aromatic heterocycles. The normalized spacial score (nSPS) is 24.6. The second-order valence-electron chi connectivity index (χ2n) is 14.0. The Labute approximate surface area is 291 Å². The van der Waals surface area contributed by atoms with Gasteiger partial charge in [-0.05, 0) is 129 Å². The van der Waals surface area contributed by atoms with E-state index in [1.807, 2.05) is 18.4 Å². The smallest absolute Gasteiger partial charge is 0.303 e. The highest BCUT2D eigenvalue weighted by Crippen LogP contribution is 2.36. The Kier molecular flexibility index (Phi) is 15.4. The molecule has 0 heterocycles. The monoisotopic (exact) mass is 684 g/mol. The number of nitrogens with one attached hydrogen (secondary N) is 2. The fourth-order valence-corrected chi connectivity index (χ4v) is 7.53. The van der Waals surface area contributed by atoms with Crippen LogP contribution in [0.25, 0.3) is 0 Å². The average Bonchev–Trinajstić information content (AvgIpc) is 3.03. The van der Waals surface area contributed by atoms with Gasteiger partial charge in [-0.2, -0.15) is 11.8 Å². The third-order valence-corrected chi connectivity index (χ3v) is 10.8. The van der Waals surface area contributed by atoms with E-state index in [1.165, 1.54) is 18.6 Å². The summed E-state index contributed by atoms with van der Waals surface area (Å²) in [5.74, 6) is -0.153. The van der Waals surface area contributed by atoms with Crippen molar-refractivity contribution in [2.75, 3.05) is 40.2 Å². The van der Waals surface area contributed by atoms with Crippen LogP contribution in [0.15, 0.2) is 54.6 Å². The molecule has 10 heteroatoms. The lowest BCUT2D eigenvalue weighted by atomic mass is 9.75. The van der Waals surface area contributed by atoms with Gasteiger partial charge in [0.25, 0.3) is 5.91 Å². The van der Waals surface area contributed by atoms with Gasteiger partial charge in [0.15, 0.2) is 6.10 Å². The van der Waals surface area contributed by atoms with Crippen LogP contribution < -0.4 is 10.6 Å². The topological polar surface area (TPSA) is 91.0 Å². The number of nitrogens with zero attached hydrogens (tertiary/aromatic N) is 2. The van der Waals surface area contributed by atoms with Crippen molar-refractivity contribution in [3.05, 3.63) is 71.5 Å². The zero-order valence-electron chi connectivity index (χ0n) is 30.0. The van der Waals surface area contributed by atoms with E-state index < -0.39 is 12.1 Å². The van der Waals surface area contributed by atoms with E-state index in [-0.39, 0.29) is 40.8 Å². The highest BCUT2D eigenvalue weighted by atomic mass is 32.2. The average molecular weight is 685 g/mol. The van der Waals surface area contributed by atoms with Gasteiger partial charge in [-0.3, -0.25) is 14.4 Å². The zero-order valence-corrected chi connectivity index (χ0v) is 30.8. The van der Waals surface area contributed by atoms with Crippen molar-refractivity contribution in [2.24, 2.45) is 0 Å². The van der Waals surface area contributed by atoms with Gasteiger partial charge in [-0.1, -0.05) is 42.5 Å². The number of halogens is 1. The molecule has 2 saturated carbocycles. The summed E-state index contributed by atoms with van der Waals surface area (Å²) < 4.78 is 18.4. The van der Waals surface area contributed by atoms with Crippen LogP contribution in [-0.4, -0.2) is 97.0 Å². The van der Waals surface area contributed by atoms with Crippen molar-refractivity contribution in [3.63, 3.8) is 0 Å². The Balaban J connectivity index is 0.000000261. The second-order valence-corrected chi connectivity index (χ2v) is 14.9. The maximum Gasteiger partial charge on any atom is 0.303 e. The number of carbonyl (C=O) groups excluding carboxylic acids is 3. The quantitative estimate of drug-likeness (QED) is 0.280. The number of hydrogen-bond donors (Lipinski definition) is 2. The zero-order chi connectivity index (χ0) is 35.3. The maximum atomic E-state index is 13.5. The summed E-state index contributed by atoms with van der Waals surface area (Å²) in [6, 6.07) is 17.9. The van der Waals surface area contributed by atoms with Crippen LogP contribution >= 0.6 is 11.8 Å². The highest BCUT2D eigenvalue weighted by Gasteiger charge is 2.39. The molecular formula is C38H57FN4O4S. The summed E-state index contributed by atoms with van der Waals surface area (Å²) in [7, 11) is 8.49. The van der Waals surface area contributed by atoms with Gasteiger partial charge in [0, 0.05) is 30.1 Å². The summed E-state index contributed by atoms with van der Waals surface area (Å²) >= 11 is 1.55. The first-order valence-corrected chi connectivity index (χ1v) is 18.6. The van der Waals surface area contributed by atoms with Gasteiger partial charge in [-0.15, -0.1) is 0 Å². The molecule has 0 saturated heterocycles. The van der Waals surface area contributed by atoms with Gasteiger partial charge in [0.1, 0.15) is 5.82 Å². The molecule has 0 bridgehead atoms. The van der Waals surface area contributed by atoms with Crippen LogP contribution in [0.1, 0.15) is 76.3 Å². The molecule has 0 spiro atoms. The number of hydrogen-bond acceptors (Lipinski definition) is 7. The molecule has 2 N–H and O–H groups in total. The van der Waals surface area contributed by atoms with Crippen molar-refractivity contribution in [1.82, 2.24) is 20.4 Å². The first kappa shape index (κ1) is 39.5. The number of ether oxygens (including phenoxy) is 1. The molecular weight excluding hydrogens is 628 g/mol. The minimum atomic E-state index is -0.734. The van der Waals surface area contributed by atoms with Crippen LogP contribution in [0.5, 0.6) is 0 Å². The molecule has 0 radical (unpaired) electrons. The predicted octanol–water partition coefficient (Wildman–Crippen LogP) is 5.63. The van der Waals surface area contributed by atoms with Gasteiger partial charge in [-0.25, -0.2) is 4.39 Å². The van der Waals surface area contributed by atoms with Crippen LogP contribution in [0, 0.1) is 5.82 Å². The standard InChI is InChI=1S/C20H30N2O3.C18H27FN2OS/c1-15(25-16(2)23)19(24)21-18-10-12-20(13-11-18,22(3)4)14-17-8-6-5-7-9-17;1-21(2)18(12-14-5-4-6-15(19)11-14)9-7-16(8-10-18)20-17(22)13-23-3/h5-9,15,18H,10-14H2,1-4H3,(H,21,24);4-6,11,16H,7-10,12-13H2,1-3H3,(H,20,22). The molecule has 2 aliphatic carbocycles. The minimum Gasteiger partial charge on any atom is -0.453 e. The Hall–Kier alpha value is -2.95. The van der Waals surface area contributed by atoms with Crippen LogP contribution in [0.2, 0.25) is 0 Å². The van der Waals surface area contributed by atoms with Crippen LogP contribution in [0.3, 0.4) is 0 Å². The SMILES string of the molecule is CC(=O)OC(C)C(=O)NC1CCC(Cc2ccccc2)(N(C)C)CC1.CSCC(=O)NC1CCC(Cc2cccc(F)c2)(N(C)C)CC1.